The molecule has 0 amide bonds. The lowest BCUT2D eigenvalue weighted by Crippen LogP contribution is -2.06. The summed E-state index contributed by atoms with van der Waals surface area (Å²) in [6, 6.07) is 5.80. The molecule has 2 nitrogen and oxygen atoms in total. The summed E-state index contributed by atoms with van der Waals surface area (Å²) in [5.74, 6) is -0.217. The molecule has 1 aromatic carbocycles. The van der Waals surface area contributed by atoms with Crippen molar-refractivity contribution in [1.29, 1.82) is 0 Å². The number of hydrogen-bond acceptors (Lipinski definition) is 2. The van der Waals surface area contributed by atoms with Gasteiger partial charge in [0.15, 0.2) is 0 Å². The lowest BCUT2D eigenvalue weighted by Gasteiger charge is -2.07. The molecule has 14 heavy (non-hydrogen) atoms. The van der Waals surface area contributed by atoms with Crippen molar-refractivity contribution in [3.05, 3.63) is 33.8 Å². The second-order valence-electron chi connectivity index (χ2n) is 2.76. The Labute approximate surface area is 99.9 Å². The second kappa shape index (κ2) is 5.51. The van der Waals surface area contributed by atoms with E-state index in [4.69, 9.17) is 0 Å². The van der Waals surface area contributed by atoms with E-state index in [1.54, 1.807) is 0 Å². The highest BCUT2D eigenvalue weighted by atomic mass is 79.9. The average molecular weight is 322 g/mol. The average Bonchev–Trinajstić information content (AvgIpc) is 2.18. The van der Waals surface area contributed by atoms with Crippen LogP contribution in [0.3, 0.4) is 0 Å². The van der Waals surface area contributed by atoms with Crippen molar-refractivity contribution in [3.63, 3.8) is 0 Å². The SMILES string of the molecule is COC(=O)Cc1cccc(Br)c1CBr. The van der Waals surface area contributed by atoms with Gasteiger partial charge >= 0.3 is 5.97 Å². The Balaban J connectivity index is 2.96. The predicted octanol–water partition coefficient (Wildman–Crippen LogP) is 3.06. The van der Waals surface area contributed by atoms with Crippen molar-refractivity contribution in [2.24, 2.45) is 0 Å². The highest BCUT2D eigenvalue weighted by Crippen LogP contribution is 2.23. The lowest BCUT2D eigenvalue weighted by atomic mass is 10.1. The van der Waals surface area contributed by atoms with E-state index in [2.05, 4.69) is 36.6 Å². The highest BCUT2D eigenvalue weighted by molar-refractivity contribution is 9.10. The molecule has 0 unspecified atom stereocenters. The summed E-state index contributed by atoms with van der Waals surface area (Å²) in [6.07, 6.45) is 0.316. The molecule has 0 saturated carbocycles. The van der Waals surface area contributed by atoms with Crippen LogP contribution in [0.2, 0.25) is 0 Å². The molecule has 1 aromatic rings. The highest BCUT2D eigenvalue weighted by Gasteiger charge is 2.09. The Morgan fingerprint density at radius 3 is 2.79 bits per heavy atom. The van der Waals surface area contributed by atoms with Crippen LogP contribution in [0, 0.1) is 0 Å². The van der Waals surface area contributed by atoms with Crippen LogP contribution in [-0.2, 0) is 21.3 Å². The third kappa shape index (κ3) is 2.82. The fraction of sp³-hybridized carbons (Fsp3) is 0.300. The van der Waals surface area contributed by atoms with E-state index in [1.165, 1.54) is 7.11 Å². The Bertz CT molecular complexity index is 337. The van der Waals surface area contributed by atoms with Crippen LogP contribution in [0.25, 0.3) is 0 Å². The van der Waals surface area contributed by atoms with E-state index in [-0.39, 0.29) is 5.97 Å². The molecule has 0 bridgehead atoms. The third-order valence-electron chi connectivity index (χ3n) is 1.91. The molecule has 0 aliphatic heterocycles. The topological polar surface area (TPSA) is 26.3 Å². The predicted molar refractivity (Wildman–Crippen MR) is 62.5 cm³/mol. The molecule has 0 fully saturated rings. The van der Waals surface area contributed by atoms with Crippen molar-refractivity contribution in [3.8, 4) is 0 Å². The number of esters is 1. The number of alkyl halides is 1. The van der Waals surface area contributed by atoms with Gasteiger partial charge in [-0.1, -0.05) is 44.0 Å². The van der Waals surface area contributed by atoms with Gasteiger partial charge in [-0.2, -0.15) is 0 Å². The van der Waals surface area contributed by atoms with E-state index in [0.717, 1.165) is 20.9 Å². The Morgan fingerprint density at radius 1 is 1.50 bits per heavy atom. The largest absolute Gasteiger partial charge is 0.469 e. The number of benzene rings is 1. The molecule has 1 rings (SSSR count). The van der Waals surface area contributed by atoms with Crippen molar-refractivity contribution in [1.82, 2.24) is 0 Å². The monoisotopic (exact) mass is 320 g/mol. The van der Waals surface area contributed by atoms with E-state index in [1.807, 2.05) is 18.2 Å². The van der Waals surface area contributed by atoms with Crippen LogP contribution in [0.5, 0.6) is 0 Å². The molecule has 0 saturated heterocycles. The summed E-state index contributed by atoms with van der Waals surface area (Å²) < 4.78 is 5.63. The maximum absolute atomic E-state index is 11.1. The molecule has 0 heterocycles. The number of rotatable bonds is 3. The van der Waals surface area contributed by atoms with E-state index in [0.29, 0.717) is 6.42 Å². The summed E-state index contributed by atoms with van der Waals surface area (Å²) >= 11 is 6.83. The molecule has 0 aliphatic rings. The Morgan fingerprint density at radius 2 is 2.21 bits per heavy atom. The molecule has 76 valence electrons. The zero-order valence-corrected chi connectivity index (χ0v) is 10.9. The standard InChI is InChI=1S/C10H10Br2O2/c1-14-10(13)5-7-3-2-4-9(12)8(7)6-11/h2-4H,5-6H2,1H3. The van der Waals surface area contributed by atoms with Gasteiger partial charge in [-0.05, 0) is 17.2 Å². The Hall–Kier alpha value is -0.350. The number of carbonyl (C=O) groups excluding carboxylic acids is 1. The van der Waals surface area contributed by atoms with Gasteiger partial charge in [0.1, 0.15) is 0 Å². The van der Waals surface area contributed by atoms with Crippen LogP contribution in [0.1, 0.15) is 11.1 Å². The number of halogens is 2. The number of ether oxygens (including phenoxy) is 1. The molecule has 0 N–H and O–H groups in total. The normalized spacial score (nSPS) is 9.93. The van der Waals surface area contributed by atoms with Crippen LogP contribution < -0.4 is 0 Å². The maximum Gasteiger partial charge on any atom is 0.309 e. The first-order chi connectivity index (χ1) is 6.69. The minimum absolute atomic E-state index is 0.217. The van der Waals surface area contributed by atoms with Gasteiger partial charge in [-0.15, -0.1) is 0 Å². The van der Waals surface area contributed by atoms with E-state index < -0.39 is 0 Å². The summed E-state index contributed by atoms with van der Waals surface area (Å²) in [4.78, 5) is 11.1. The fourth-order valence-corrected chi connectivity index (χ4v) is 2.73. The first-order valence-electron chi connectivity index (χ1n) is 4.08. The third-order valence-corrected chi connectivity index (χ3v) is 3.22. The number of carbonyl (C=O) groups is 1. The van der Waals surface area contributed by atoms with Crippen molar-refractivity contribution < 1.29 is 9.53 Å². The first-order valence-corrected chi connectivity index (χ1v) is 5.99. The summed E-state index contributed by atoms with van der Waals surface area (Å²) in [5.41, 5.74) is 2.08. The molecule has 0 aliphatic carbocycles. The summed E-state index contributed by atoms with van der Waals surface area (Å²) in [7, 11) is 1.40. The quantitative estimate of drug-likeness (QED) is 0.632. The molecule has 4 heteroatoms. The lowest BCUT2D eigenvalue weighted by molar-refractivity contribution is -0.139. The molecule has 0 atom stereocenters. The zero-order valence-electron chi connectivity index (χ0n) is 7.72. The number of methoxy groups -OCH3 is 1. The van der Waals surface area contributed by atoms with E-state index in [9.17, 15) is 4.79 Å². The van der Waals surface area contributed by atoms with Crippen molar-refractivity contribution in [2.75, 3.05) is 7.11 Å². The second-order valence-corrected chi connectivity index (χ2v) is 4.18. The van der Waals surface area contributed by atoms with Crippen molar-refractivity contribution >= 4 is 37.8 Å². The van der Waals surface area contributed by atoms with Crippen LogP contribution in [-0.4, -0.2) is 13.1 Å². The minimum Gasteiger partial charge on any atom is -0.469 e. The van der Waals surface area contributed by atoms with Crippen LogP contribution in [0.15, 0.2) is 22.7 Å². The molecule has 0 aromatic heterocycles. The first kappa shape index (κ1) is 11.7. The molecular formula is C10H10Br2O2. The fourth-order valence-electron chi connectivity index (χ4n) is 1.15. The van der Waals surface area contributed by atoms with Gasteiger partial charge in [-0.3, -0.25) is 4.79 Å². The molecular weight excluding hydrogens is 312 g/mol. The van der Waals surface area contributed by atoms with Gasteiger partial charge in [0.2, 0.25) is 0 Å². The minimum atomic E-state index is -0.217. The smallest absolute Gasteiger partial charge is 0.309 e. The summed E-state index contributed by atoms with van der Waals surface area (Å²) in [5, 5.41) is 0.723. The summed E-state index contributed by atoms with van der Waals surface area (Å²) in [6.45, 7) is 0. The maximum atomic E-state index is 11.1. The van der Waals surface area contributed by atoms with Gasteiger partial charge < -0.3 is 4.74 Å². The van der Waals surface area contributed by atoms with E-state index >= 15 is 0 Å². The Kier molecular flexibility index (Phi) is 4.62. The zero-order chi connectivity index (χ0) is 10.6. The van der Waals surface area contributed by atoms with Gasteiger partial charge in [0, 0.05) is 9.80 Å². The van der Waals surface area contributed by atoms with Gasteiger partial charge in [0.25, 0.3) is 0 Å². The van der Waals surface area contributed by atoms with Crippen LogP contribution >= 0.6 is 31.9 Å². The molecule has 0 radical (unpaired) electrons. The van der Waals surface area contributed by atoms with Gasteiger partial charge in [0.05, 0.1) is 13.5 Å². The molecule has 0 spiro atoms. The number of hydrogen-bond donors (Lipinski definition) is 0. The van der Waals surface area contributed by atoms with Crippen molar-refractivity contribution in [2.45, 2.75) is 11.8 Å². The van der Waals surface area contributed by atoms with Gasteiger partial charge in [-0.25, -0.2) is 0 Å². The van der Waals surface area contributed by atoms with Crippen LogP contribution in [0.4, 0.5) is 0 Å².